The molecular formula is C11H15N3O3. The first-order chi connectivity index (χ1) is 8.16. The molecule has 0 spiro atoms. The lowest BCUT2D eigenvalue weighted by Crippen LogP contribution is -2.36. The second-order valence-corrected chi connectivity index (χ2v) is 4.26. The van der Waals surface area contributed by atoms with Crippen LogP contribution in [0.5, 0.6) is 0 Å². The number of pyridine rings is 1. The molecule has 6 heteroatoms. The number of rotatable bonds is 3. The highest BCUT2D eigenvalue weighted by atomic mass is 16.6. The molecule has 6 nitrogen and oxygen atoms in total. The molecule has 2 unspecified atom stereocenters. The molecule has 0 aromatic carbocycles. The van der Waals surface area contributed by atoms with Crippen molar-refractivity contribution in [2.24, 2.45) is 0 Å². The topological polar surface area (TPSA) is 88.3 Å². The average molecular weight is 237 g/mol. The van der Waals surface area contributed by atoms with Crippen molar-refractivity contribution in [2.75, 3.05) is 5.32 Å². The van der Waals surface area contributed by atoms with Gasteiger partial charge in [0.15, 0.2) is 6.20 Å². The molecular weight excluding hydrogens is 222 g/mol. The third-order valence-corrected chi connectivity index (χ3v) is 3.02. The highest BCUT2D eigenvalue weighted by molar-refractivity contribution is 5.44. The smallest absolute Gasteiger partial charge is 0.363 e. The van der Waals surface area contributed by atoms with E-state index in [-0.39, 0.29) is 18.0 Å². The van der Waals surface area contributed by atoms with E-state index in [1.165, 1.54) is 12.3 Å². The van der Waals surface area contributed by atoms with Gasteiger partial charge in [-0.25, -0.2) is 0 Å². The Balaban J connectivity index is 2.00. The van der Waals surface area contributed by atoms with Gasteiger partial charge in [-0.05, 0) is 28.8 Å². The summed E-state index contributed by atoms with van der Waals surface area (Å²) in [6.07, 6.45) is 4.95. The summed E-state index contributed by atoms with van der Waals surface area (Å²) in [6.45, 7) is 0. The highest BCUT2D eigenvalue weighted by Gasteiger charge is 2.23. The standard InChI is InChI=1S/C11H15N3O3/c15-10-4-2-1-3-9(10)13-8-5-6-11(12-7-8)14(16)17/h5-7,9-10,13,15H,1-4H2. The Morgan fingerprint density at radius 1 is 1.41 bits per heavy atom. The molecule has 0 saturated heterocycles. The number of nitro groups is 1. The van der Waals surface area contributed by atoms with Crippen molar-refractivity contribution in [2.45, 2.75) is 37.8 Å². The lowest BCUT2D eigenvalue weighted by Gasteiger charge is -2.28. The van der Waals surface area contributed by atoms with E-state index in [1.807, 2.05) is 0 Å². The molecule has 1 aliphatic carbocycles. The molecule has 1 aromatic rings. The lowest BCUT2D eigenvalue weighted by atomic mass is 9.92. The fourth-order valence-corrected chi connectivity index (χ4v) is 2.07. The van der Waals surface area contributed by atoms with Crippen LogP contribution in [-0.4, -0.2) is 27.2 Å². The Morgan fingerprint density at radius 2 is 2.18 bits per heavy atom. The molecule has 1 heterocycles. The van der Waals surface area contributed by atoms with Crippen LogP contribution < -0.4 is 5.32 Å². The van der Waals surface area contributed by atoms with Crippen LogP contribution >= 0.6 is 0 Å². The van der Waals surface area contributed by atoms with E-state index < -0.39 is 4.92 Å². The molecule has 0 amide bonds. The number of hydrogen-bond acceptors (Lipinski definition) is 5. The van der Waals surface area contributed by atoms with Crippen molar-refractivity contribution in [3.05, 3.63) is 28.4 Å². The van der Waals surface area contributed by atoms with Crippen LogP contribution in [0.3, 0.4) is 0 Å². The summed E-state index contributed by atoms with van der Waals surface area (Å²) in [4.78, 5) is 13.6. The summed E-state index contributed by atoms with van der Waals surface area (Å²) in [5.74, 6) is -0.167. The monoisotopic (exact) mass is 237 g/mol. The molecule has 0 bridgehead atoms. The molecule has 1 saturated carbocycles. The van der Waals surface area contributed by atoms with Gasteiger partial charge in [-0.2, -0.15) is 0 Å². The SMILES string of the molecule is O=[N+]([O-])c1ccc(NC2CCCCC2O)cn1. The van der Waals surface area contributed by atoms with Crippen LogP contribution in [0.15, 0.2) is 18.3 Å². The minimum absolute atomic E-state index is 0.0204. The number of nitrogens with one attached hydrogen (secondary N) is 1. The molecule has 0 aliphatic heterocycles. The minimum atomic E-state index is -0.529. The molecule has 2 rings (SSSR count). The van der Waals surface area contributed by atoms with Crippen LogP contribution in [0, 0.1) is 10.1 Å². The number of aliphatic hydroxyl groups is 1. The predicted molar refractivity (Wildman–Crippen MR) is 62.8 cm³/mol. The van der Waals surface area contributed by atoms with E-state index >= 15 is 0 Å². The van der Waals surface area contributed by atoms with Gasteiger partial charge in [0.25, 0.3) is 0 Å². The summed E-state index contributed by atoms with van der Waals surface area (Å²) >= 11 is 0. The number of anilines is 1. The lowest BCUT2D eigenvalue weighted by molar-refractivity contribution is -0.389. The highest BCUT2D eigenvalue weighted by Crippen LogP contribution is 2.22. The molecule has 1 aromatic heterocycles. The molecule has 1 aliphatic rings. The van der Waals surface area contributed by atoms with E-state index in [1.54, 1.807) is 6.07 Å². The maximum atomic E-state index is 10.4. The first-order valence-corrected chi connectivity index (χ1v) is 5.72. The Bertz CT molecular complexity index is 393. The Kier molecular flexibility index (Phi) is 3.53. The number of aromatic nitrogens is 1. The summed E-state index contributed by atoms with van der Waals surface area (Å²) in [6, 6.07) is 3.00. The number of nitrogens with zero attached hydrogens (tertiary/aromatic N) is 2. The van der Waals surface area contributed by atoms with Gasteiger partial charge in [0.05, 0.1) is 17.8 Å². The largest absolute Gasteiger partial charge is 0.391 e. The van der Waals surface area contributed by atoms with Gasteiger partial charge < -0.3 is 20.5 Å². The fraction of sp³-hybridized carbons (Fsp3) is 0.545. The van der Waals surface area contributed by atoms with Crippen LogP contribution in [0.25, 0.3) is 0 Å². The Hall–Kier alpha value is -1.69. The molecule has 17 heavy (non-hydrogen) atoms. The second kappa shape index (κ2) is 5.09. The fourth-order valence-electron chi connectivity index (χ4n) is 2.07. The van der Waals surface area contributed by atoms with Crippen LogP contribution in [0.4, 0.5) is 11.5 Å². The summed E-state index contributed by atoms with van der Waals surface area (Å²) in [7, 11) is 0. The Labute approximate surface area is 98.8 Å². The summed E-state index contributed by atoms with van der Waals surface area (Å²) in [5.41, 5.74) is 0.710. The second-order valence-electron chi connectivity index (χ2n) is 4.26. The van der Waals surface area contributed by atoms with E-state index in [9.17, 15) is 15.2 Å². The maximum absolute atomic E-state index is 10.4. The van der Waals surface area contributed by atoms with Gasteiger partial charge in [0.2, 0.25) is 0 Å². The zero-order valence-electron chi connectivity index (χ0n) is 9.37. The molecule has 2 N–H and O–H groups in total. The van der Waals surface area contributed by atoms with Crippen molar-refractivity contribution in [3.63, 3.8) is 0 Å². The van der Waals surface area contributed by atoms with Gasteiger partial charge in [-0.15, -0.1) is 0 Å². The van der Waals surface area contributed by atoms with Crippen molar-refractivity contribution < 1.29 is 10.0 Å². The van der Waals surface area contributed by atoms with Gasteiger partial charge in [-0.1, -0.05) is 12.8 Å². The van der Waals surface area contributed by atoms with E-state index in [0.29, 0.717) is 5.69 Å². The van der Waals surface area contributed by atoms with Crippen LogP contribution in [-0.2, 0) is 0 Å². The van der Waals surface area contributed by atoms with Crippen LogP contribution in [0.2, 0.25) is 0 Å². The van der Waals surface area contributed by atoms with Crippen molar-refractivity contribution in [1.29, 1.82) is 0 Å². The van der Waals surface area contributed by atoms with Crippen molar-refractivity contribution in [1.82, 2.24) is 4.98 Å². The average Bonchev–Trinajstić information content (AvgIpc) is 2.33. The first-order valence-electron chi connectivity index (χ1n) is 5.72. The zero-order chi connectivity index (χ0) is 12.3. The number of aliphatic hydroxyl groups excluding tert-OH is 1. The first kappa shape index (κ1) is 11.8. The van der Waals surface area contributed by atoms with Gasteiger partial charge in [-0.3, -0.25) is 0 Å². The van der Waals surface area contributed by atoms with Gasteiger partial charge in [0, 0.05) is 6.07 Å². The third kappa shape index (κ3) is 2.91. The molecule has 1 fully saturated rings. The van der Waals surface area contributed by atoms with Gasteiger partial charge >= 0.3 is 5.82 Å². The zero-order valence-corrected chi connectivity index (χ0v) is 9.37. The van der Waals surface area contributed by atoms with Gasteiger partial charge in [0.1, 0.15) is 0 Å². The van der Waals surface area contributed by atoms with E-state index in [2.05, 4.69) is 10.3 Å². The minimum Gasteiger partial charge on any atom is -0.391 e. The van der Waals surface area contributed by atoms with E-state index in [4.69, 9.17) is 0 Å². The third-order valence-electron chi connectivity index (χ3n) is 3.02. The van der Waals surface area contributed by atoms with Crippen LogP contribution in [0.1, 0.15) is 25.7 Å². The normalized spacial score (nSPS) is 24.3. The molecule has 92 valence electrons. The summed E-state index contributed by atoms with van der Waals surface area (Å²) < 4.78 is 0. The van der Waals surface area contributed by atoms with Crippen molar-refractivity contribution >= 4 is 11.5 Å². The summed E-state index contributed by atoms with van der Waals surface area (Å²) in [5, 5.41) is 23.4. The van der Waals surface area contributed by atoms with E-state index in [0.717, 1.165) is 25.7 Å². The number of hydrogen-bond donors (Lipinski definition) is 2. The Morgan fingerprint density at radius 3 is 2.76 bits per heavy atom. The molecule has 0 radical (unpaired) electrons. The maximum Gasteiger partial charge on any atom is 0.363 e. The molecule has 2 atom stereocenters. The predicted octanol–water partition coefficient (Wildman–Crippen LogP) is 1.71. The van der Waals surface area contributed by atoms with Crippen molar-refractivity contribution in [3.8, 4) is 0 Å². The quantitative estimate of drug-likeness (QED) is 0.617.